The Labute approximate surface area is 111 Å². The van der Waals surface area contributed by atoms with Gasteiger partial charge in [-0.25, -0.2) is 4.98 Å². The zero-order valence-electron chi connectivity index (χ0n) is 10.4. The molecule has 3 rings (SSSR count). The van der Waals surface area contributed by atoms with Gasteiger partial charge in [0.15, 0.2) is 0 Å². The van der Waals surface area contributed by atoms with Crippen molar-refractivity contribution in [2.24, 2.45) is 0 Å². The van der Waals surface area contributed by atoms with Gasteiger partial charge in [-0.15, -0.1) is 11.3 Å². The predicted octanol–water partition coefficient (Wildman–Crippen LogP) is 2.85. The summed E-state index contributed by atoms with van der Waals surface area (Å²) in [5.74, 6) is 1.03. The maximum absolute atomic E-state index is 5.52. The first kappa shape index (κ1) is 11.7. The molecule has 1 aromatic heterocycles. The van der Waals surface area contributed by atoms with Gasteiger partial charge in [0.05, 0.1) is 12.3 Å². The van der Waals surface area contributed by atoms with E-state index in [1.165, 1.54) is 11.1 Å². The maximum Gasteiger partial charge on any atom is 0.122 e. The van der Waals surface area contributed by atoms with Gasteiger partial charge in [-0.2, -0.15) is 0 Å². The molecule has 1 N–H and O–H groups in total. The zero-order chi connectivity index (χ0) is 12.4. The summed E-state index contributed by atoms with van der Waals surface area (Å²) < 4.78 is 5.52. The minimum absolute atomic E-state index is 0.807. The highest BCUT2D eigenvalue weighted by molar-refractivity contribution is 7.09. The molecule has 0 aliphatic carbocycles. The molecule has 4 heteroatoms. The van der Waals surface area contributed by atoms with Crippen LogP contribution < -0.4 is 10.1 Å². The largest absolute Gasteiger partial charge is 0.493 e. The molecule has 0 fully saturated rings. The average molecular weight is 260 g/mol. The van der Waals surface area contributed by atoms with Crippen LogP contribution in [0.4, 0.5) is 0 Å². The number of hydrogen-bond acceptors (Lipinski definition) is 4. The van der Waals surface area contributed by atoms with Crippen molar-refractivity contribution in [2.75, 3.05) is 13.2 Å². The lowest BCUT2D eigenvalue weighted by atomic mass is 10.1. The average Bonchev–Trinajstić information content (AvgIpc) is 3.04. The molecule has 2 heterocycles. The van der Waals surface area contributed by atoms with Crippen molar-refractivity contribution in [3.05, 3.63) is 34.2 Å². The molecule has 0 amide bonds. The molecule has 3 nitrogen and oxygen atoms in total. The van der Waals surface area contributed by atoms with Crippen LogP contribution in [0.5, 0.6) is 5.75 Å². The Morgan fingerprint density at radius 1 is 1.44 bits per heavy atom. The van der Waals surface area contributed by atoms with E-state index in [9.17, 15) is 0 Å². The minimum Gasteiger partial charge on any atom is -0.493 e. The number of fused-ring (bicyclic) bond motifs is 1. The molecular formula is C14H16N2OS. The van der Waals surface area contributed by atoms with E-state index in [4.69, 9.17) is 4.74 Å². The Kier molecular flexibility index (Phi) is 3.30. The second kappa shape index (κ2) is 5.08. The predicted molar refractivity (Wildman–Crippen MR) is 74.1 cm³/mol. The van der Waals surface area contributed by atoms with Crippen LogP contribution in [0, 0.1) is 0 Å². The quantitative estimate of drug-likeness (QED) is 0.918. The van der Waals surface area contributed by atoms with Crippen LogP contribution in [0.25, 0.3) is 11.3 Å². The van der Waals surface area contributed by atoms with Crippen LogP contribution in [0.2, 0.25) is 0 Å². The second-order valence-corrected chi connectivity index (χ2v) is 5.27. The lowest BCUT2D eigenvalue weighted by Gasteiger charge is -2.01. The summed E-state index contributed by atoms with van der Waals surface area (Å²) >= 11 is 1.71. The second-order valence-electron chi connectivity index (χ2n) is 4.33. The van der Waals surface area contributed by atoms with Crippen LogP contribution in [0.1, 0.15) is 17.5 Å². The third kappa shape index (κ3) is 2.26. The molecule has 1 aliphatic heterocycles. The number of nitrogens with zero attached hydrogens (tertiary/aromatic N) is 1. The topological polar surface area (TPSA) is 34.2 Å². The Morgan fingerprint density at radius 2 is 2.39 bits per heavy atom. The molecule has 0 atom stereocenters. The van der Waals surface area contributed by atoms with Gasteiger partial charge in [0.1, 0.15) is 10.8 Å². The smallest absolute Gasteiger partial charge is 0.122 e. The van der Waals surface area contributed by atoms with Crippen molar-refractivity contribution < 1.29 is 4.74 Å². The van der Waals surface area contributed by atoms with Crippen molar-refractivity contribution in [1.82, 2.24) is 10.3 Å². The van der Waals surface area contributed by atoms with Gasteiger partial charge in [-0.3, -0.25) is 0 Å². The highest BCUT2D eigenvalue weighted by atomic mass is 32.1. The van der Waals surface area contributed by atoms with E-state index in [2.05, 4.69) is 40.8 Å². The van der Waals surface area contributed by atoms with Crippen molar-refractivity contribution in [2.45, 2.75) is 19.9 Å². The van der Waals surface area contributed by atoms with Crippen LogP contribution in [0.15, 0.2) is 23.6 Å². The van der Waals surface area contributed by atoms with E-state index in [0.29, 0.717) is 0 Å². The lowest BCUT2D eigenvalue weighted by Crippen LogP contribution is -2.11. The Hall–Kier alpha value is -1.39. The Balaban J connectivity index is 1.83. The molecule has 0 unspecified atom stereocenters. The van der Waals surface area contributed by atoms with Crippen LogP contribution in [-0.4, -0.2) is 18.1 Å². The van der Waals surface area contributed by atoms with Gasteiger partial charge < -0.3 is 10.1 Å². The lowest BCUT2D eigenvalue weighted by molar-refractivity contribution is 0.357. The molecule has 1 aliphatic rings. The van der Waals surface area contributed by atoms with Gasteiger partial charge in [0.2, 0.25) is 0 Å². The molecule has 0 radical (unpaired) electrons. The summed E-state index contributed by atoms with van der Waals surface area (Å²) in [6.45, 7) is 4.75. The molecule has 0 saturated heterocycles. The first-order chi connectivity index (χ1) is 8.86. The molecule has 1 aromatic carbocycles. The number of benzene rings is 1. The number of rotatable bonds is 4. The molecular weight excluding hydrogens is 244 g/mol. The van der Waals surface area contributed by atoms with E-state index >= 15 is 0 Å². The summed E-state index contributed by atoms with van der Waals surface area (Å²) in [4.78, 5) is 4.66. The SMILES string of the molecule is CCNCc1nc(-c2ccc3c(c2)CCO3)cs1. The number of hydrogen-bond donors (Lipinski definition) is 1. The van der Waals surface area contributed by atoms with Gasteiger partial charge in [-0.05, 0) is 30.3 Å². The number of aromatic nitrogens is 1. The summed E-state index contributed by atoms with van der Waals surface area (Å²) in [5, 5.41) is 6.57. The number of thiazole rings is 1. The summed E-state index contributed by atoms with van der Waals surface area (Å²) in [5.41, 5.74) is 3.56. The third-order valence-electron chi connectivity index (χ3n) is 3.06. The van der Waals surface area contributed by atoms with Gasteiger partial charge in [-0.1, -0.05) is 6.92 Å². The van der Waals surface area contributed by atoms with E-state index in [-0.39, 0.29) is 0 Å². The molecule has 18 heavy (non-hydrogen) atoms. The molecule has 0 saturated carbocycles. The molecule has 0 bridgehead atoms. The fourth-order valence-corrected chi connectivity index (χ4v) is 2.88. The van der Waals surface area contributed by atoms with Crippen molar-refractivity contribution in [1.29, 1.82) is 0 Å². The third-order valence-corrected chi connectivity index (χ3v) is 3.91. The Morgan fingerprint density at radius 3 is 3.28 bits per heavy atom. The van der Waals surface area contributed by atoms with Gasteiger partial charge in [0.25, 0.3) is 0 Å². The van der Waals surface area contributed by atoms with Crippen LogP contribution >= 0.6 is 11.3 Å². The number of ether oxygens (including phenoxy) is 1. The zero-order valence-corrected chi connectivity index (χ0v) is 11.2. The fourth-order valence-electron chi connectivity index (χ4n) is 2.10. The Bertz CT molecular complexity index is 550. The van der Waals surface area contributed by atoms with Crippen LogP contribution in [0.3, 0.4) is 0 Å². The van der Waals surface area contributed by atoms with Crippen LogP contribution in [-0.2, 0) is 13.0 Å². The normalized spacial score (nSPS) is 13.4. The van der Waals surface area contributed by atoms with Crippen molar-refractivity contribution in [3.8, 4) is 17.0 Å². The van der Waals surface area contributed by atoms with E-state index in [0.717, 1.165) is 42.6 Å². The standard InChI is InChI=1S/C14H16N2OS/c1-2-15-8-14-16-12(9-18-14)10-3-4-13-11(7-10)5-6-17-13/h3-4,7,9,15H,2,5-6,8H2,1H3. The maximum atomic E-state index is 5.52. The fraction of sp³-hybridized carbons (Fsp3) is 0.357. The highest BCUT2D eigenvalue weighted by Gasteiger charge is 2.13. The van der Waals surface area contributed by atoms with E-state index < -0.39 is 0 Å². The molecule has 2 aromatic rings. The monoisotopic (exact) mass is 260 g/mol. The van der Waals surface area contributed by atoms with Gasteiger partial charge >= 0.3 is 0 Å². The summed E-state index contributed by atoms with van der Waals surface area (Å²) in [6.07, 6.45) is 1.01. The minimum atomic E-state index is 0.807. The number of nitrogens with one attached hydrogen (secondary N) is 1. The summed E-state index contributed by atoms with van der Waals surface area (Å²) in [7, 11) is 0. The van der Waals surface area contributed by atoms with Crippen molar-refractivity contribution >= 4 is 11.3 Å². The van der Waals surface area contributed by atoms with Crippen molar-refractivity contribution in [3.63, 3.8) is 0 Å². The van der Waals surface area contributed by atoms with E-state index in [1.54, 1.807) is 11.3 Å². The van der Waals surface area contributed by atoms with E-state index in [1.807, 2.05) is 0 Å². The summed E-state index contributed by atoms with van der Waals surface area (Å²) in [6, 6.07) is 6.35. The molecule has 0 spiro atoms. The first-order valence-corrected chi connectivity index (χ1v) is 7.16. The molecule has 94 valence electrons. The first-order valence-electron chi connectivity index (χ1n) is 6.28. The highest BCUT2D eigenvalue weighted by Crippen LogP contribution is 2.30. The van der Waals surface area contributed by atoms with Gasteiger partial charge in [0, 0.05) is 23.9 Å².